The molecule has 0 spiro atoms. The molecule has 0 saturated carbocycles. The minimum Gasteiger partial charge on any atom is -0.217 e. The molecule has 2 heterocycles. The molecule has 2 rings (SSSR count). The normalized spacial score (nSPS) is 10.5. The molecule has 0 amide bonds. The largest absolute Gasteiger partial charge is 0.217 e. The molecule has 6 nitrogen and oxygen atoms in total. The summed E-state index contributed by atoms with van der Waals surface area (Å²) >= 11 is 0. The molecule has 2 aromatic heterocycles. The Morgan fingerprint density at radius 2 is 1.89 bits per heavy atom. The molecular weight excluding hydrogens is 240 g/mol. The third-order valence-corrected chi connectivity index (χ3v) is 3.01. The maximum absolute atomic E-state index is 9.43. The van der Waals surface area contributed by atoms with E-state index in [1.54, 1.807) is 4.68 Å². The highest BCUT2D eigenvalue weighted by atomic mass is 15.4. The van der Waals surface area contributed by atoms with E-state index in [1.165, 1.54) is 0 Å². The van der Waals surface area contributed by atoms with Crippen LogP contribution in [0.4, 0.5) is 0 Å². The number of nitriles is 1. The van der Waals surface area contributed by atoms with Crippen LogP contribution in [0, 0.1) is 25.2 Å². The Labute approximate surface area is 112 Å². The van der Waals surface area contributed by atoms with Crippen LogP contribution in [0.5, 0.6) is 0 Å². The zero-order chi connectivity index (χ0) is 14.0. The summed E-state index contributed by atoms with van der Waals surface area (Å²) in [6.45, 7) is 7.67. The Balaban J connectivity index is 2.72. The van der Waals surface area contributed by atoms with Gasteiger partial charge < -0.3 is 0 Å². The molecule has 0 unspecified atom stereocenters. The number of aromatic nitrogens is 5. The first kappa shape index (κ1) is 13.1. The van der Waals surface area contributed by atoms with Gasteiger partial charge in [-0.25, -0.2) is 4.98 Å². The molecule has 0 saturated heterocycles. The van der Waals surface area contributed by atoms with Gasteiger partial charge in [0.05, 0.1) is 5.69 Å². The van der Waals surface area contributed by atoms with E-state index < -0.39 is 0 Å². The highest BCUT2D eigenvalue weighted by molar-refractivity contribution is 5.50. The van der Waals surface area contributed by atoms with E-state index in [2.05, 4.69) is 26.3 Å². The van der Waals surface area contributed by atoms with Crippen molar-refractivity contribution >= 4 is 0 Å². The lowest BCUT2D eigenvalue weighted by atomic mass is 10.0. The first-order chi connectivity index (χ1) is 9.12. The quantitative estimate of drug-likeness (QED) is 0.834. The molecule has 0 bridgehead atoms. The molecule has 6 heteroatoms. The zero-order valence-corrected chi connectivity index (χ0v) is 11.6. The van der Waals surface area contributed by atoms with Gasteiger partial charge in [-0.05, 0) is 32.3 Å². The molecule has 0 fully saturated rings. The first-order valence-electron chi connectivity index (χ1n) is 6.31. The van der Waals surface area contributed by atoms with Crippen LogP contribution >= 0.6 is 0 Å². The molecule has 0 aromatic carbocycles. The fourth-order valence-electron chi connectivity index (χ4n) is 2.15. The fourth-order valence-corrected chi connectivity index (χ4v) is 2.15. The maximum Gasteiger partial charge on any atom is 0.195 e. The minimum atomic E-state index is 0.467. The number of nitrogens with zero attached hydrogens (tertiary/aromatic N) is 6. The van der Waals surface area contributed by atoms with E-state index in [0.29, 0.717) is 23.0 Å². The minimum absolute atomic E-state index is 0.467. The average molecular weight is 256 g/mol. The van der Waals surface area contributed by atoms with Crippen molar-refractivity contribution in [3.8, 4) is 11.9 Å². The van der Waals surface area contributed by atoms with Gasteiger partial charge in [-0.3, -0.25) is 0 Å². The van der Waals surface area contributed by atoms with Crippen LogP contribution in [0.1, 0.15) is 42.3 Å². The van der Waals surface area contributed by atoms with Gasteiger partial charge in [0.1, 0.15) is 23.3 Å². The number of hydrogen-bond donors (Lipinski definition) is 0. The van der Waals surface area contributed by atoms with Gasteiger partial charge in [0.2, 0.25) is 0 Å². The van der Waals surface area contributed by atoms with E-state index >= 15 is 0 Å². The Bertz CT molecular complexity index is 650. The SMILES string of the molecule is CCc1nnc(-n2nc(C)nc2C)c(C#N)c1CC. The van der Waals surface area contributed by atoms with Gasteiger partial charge >= 0.3 is 0 Å². The van der Waals surface area contributed by atoms with Crippen LogP contribution in [0.15, 0.2) is 0 Å². The molecule has 0 aliphatic heterocycles. The Morgan fingerprint density at radius 3 is 2.37 bits per heavy atom. The number of rotatable bonds is 3. The van der Waals surface area contributed by atoms with Gasteiger partial charge in [0.15, 0.2) is 5.82 Å². The van der Waals surface area contributed by atoms with Gasteiger partial charge in [0.25, 0.3) is 0 Å². The summed E-state index contributed by atoms with van der Waals surface area (Å²) in [6.07, 6.45) is 1.52. The van der Waals surface area contributed by atoms with Crippen LogP contribution < -0.4 is 0 Å². The van der Waals surface area contributed by atoms with Crippen LogP contribution in [0.3, 0.4) is 0 Å². The molecule has 2 aromatic rings. The van der Waals surface area contributed by atoms with E-state index in [9.17, 15) is 5.26 Å². The highest BCUT2D eigenvalue weighted by Gasteiger charge is 2.18. The summed E-state index contributed by atoms with van der Waals surface area (Å²) in [4.78, 5) is 4.24. The molecular formula is C13H16N6. The average Bonchev–Trinajstić information content (AvgIpc) is 2.75. The van der Waals surface area contributed by atoms with Crippen molar-refractivity contribution < 1.29 is 0 Å². The molecule has 0 atom stereocenters. The summed E-state index contributed by atoms with van der Waals surface area (Å²) < 4.78 is 1.58. The number of hydrogen-bond acceptors (Lipinski definition) is 5. The van der Waals surface area contributed by atoms with Crippen molar-refractivity contribution in [3.63, 3.8) is 0 Å². The second-order valence-corrected chi connectivity index (χ2v) is 4.26. The zero-order valence-electron chi connectivity index (χ0n) is 11.6. The molecule has 0 aliphatic rings. The third-order valence-electron chi connectivity index (χ3n) is 3.01. The summed E-state index contributed by atoms with van der Waals surface area (Å²) in [5.41, 5.74) is 2.36. The monoisotopic (exact) mass is 256 g/mol. The van der Waals surface area contributed by atoms with Crippen LogP contribution in [-0.2, 0) is 12.8 Å². The topological polar surface area (TPSA) is 80.3 Å². The standard InChI is InChI=1S/C13H16N6/c1-5-10-11(7-14)13(17-16-12(10)6-2)19-9(4)15-8(3)18-19/h5-6H2,1-4H3. The predicted octanol–water partition coefficient (Wildman–Crippen LogP) is 1.67. The van der Waals surface area contributed by atoms with Gasteiger partial charge in [-0.2, -0.15) is 15.0 Å². The summed E-state index contributed by atoms with van der Waals surface area (Å²) in [6, 6.07) is 2.23. The van der Waals surface area contributed by atoms with Gasteiger partial charge in [-0.15, -0.1) is 10.2 Å². The Morgan fingerprint density at radius 1 is 1.16 bits per heavy atom. The van der Waals surface area contributed by atoms with Gasteiger partial charge in [0, 0.05) is 0 Å². The Hall–Kier alpha value is -2.29. The van der Waals surface area contributed by atoms with Gasteiger partial charge in [-0.1, -0.05) is 13.8 Å². The van der Waals surface area contributed by atoms with Crippen LogP contribution in [-0.4, -0.2) is 25.0 Å². The molecule has 19 heavy (non-hydrogen) atoms. The highest BCUT2D eigenvalue weighted by Crippen LogP contribution is 2.19. The van der Waals surface area contributed by atoms with Crippen molar-refractivity contribution in [1.82, 2.24) is 25.0 Å². The van der Waals surface area contributed by atoms with E-state index in [-0.39, 0.29) is 0 Å². The van der Waals surface area contributed by atoms with Crippen LogP contribution in [0.2, 0.25) is 0 Å². The van der Waals surface area contributed by atoms with E-state index in [4.69, 9.17) is 0 Å². The van der Waals surface area contributed by atoms with Crippen molar-refractivity contribution in [3.05, 3.63) is 28.5 Å². The second kappa shape index (κ2) is 5.14. The fraction of sp³-hybridized carbons (Fsp3) is 0.462. The smallest absolute Gasteiger partial charge is 0.195 e. The molecule has 0 aliphatic carbocycles. The van der Waals surface area contributed by atoms with Crippen molar-refractivity contribution in [1.29, 1.82) is 5.26 Å². The molecule has 98 valence electrons. The van der Waals surface area contributed by atoms with E-state index in [0.717, 1.165) is 24.1 Å². The summed E-state index contributed by atoms with van der Waals surface area (Å²) in [5, 5.41) is 22.1. The maximum atomic E-state index is 9.43. The molecule has 0 radical (unpaired) electrons. The van der Waals surface area contributed by atoms with Crippen molar-refractivity contribution in [2.75, 3.05) is 0 Å². The summed E-state index contributed by atoms with van der Waals surface area (Å²) in [5.74, 6) is 1.82. The van der Waals surface area contributed by atoms with Crippen LogP contribution in [0.25, 0.3) is 5.82 Å². The van der Waals surface area contributed by atoms with Crippen molar-refractivity contribution in [2.24, 2.45) is 0 Å². The Kier molecular flexibility index (Phi) is 3.56. The first-order valence-corrected chi connectivity index (χ1v) is 6.31. The summed E-state index contributed by atoms with van der Waals surface area (Å²) in [7, 11) is 0. The molecule has 0 N–H and O–H groups in total. The predicted molar refractivity (Wildman–Crippen MR) is 69.9 cm³/mol. The number of aryl methyl sites for hydroxylation is 3. The lowest BCUT2D eigenvalue weighted by Gasteiger charge is -2.10. The lowest BCUT2D eigenvalue weighted by Crippen LogP contribution is -2.11. The van der Waals surface area contributed by atoms with E-state index in [1.807, 2.05) is 27.7 Å². The van der Waals surface area contributed by atoms with Crippen molar-refractivity contribution in [2.45, 2.75) is 40.5 Å². The third kappa shape index (κ3) is 2.19. The lowest BCUT2D eigenvalue weighted by molar-refractivity contribution is 0.753. The second-order valence-electron chi connectivity index (χ2n) is 4.26.